The van der Waals surface area contributed by atoms with Gasteiger partial charge in [0.15, 0.2) is 0 Å². The number of rotatable bonds is 7. The molecular formula is C22H25FN2O3S. The van der Waals surface area contributed by atoms with Crippen molar-refractivity contribution in [2.45, 2.75) is 37.1 Å². The highest BCUT2D eigenvalue weighted by Gasteiger charge is 2.27. The second-order valence-corrected chi connectivity index (χ2v) is 9.13. The molecule has 0 bridgehead atoms. The maximum absolute atomic E-state index is 13.1. The maximum Gasteiger partial charge on any atom is 0.247 e. The Kier molecular flexibility index (Phi) is 6.82. The van der Waals surface area contributed by atoms with Gasteiger partial charge in [0.2, 0.25) is 15.9 Å². The first kappa shape index (κ1) is 21.2. The summed E-state index contributed by atoms with van der Waals surface area (Å²) in [6.45, 7) is 2.31. The molecule has 0 unspecified atom stereocenters. The van der Waals surface area contributed by atoms with Crippen molar-refractivity contribution >= 4 is 15.9 Å². The van der Waals surface area contributed by atoms with Crippen LogP contribution in [-0.4, -0.2) is 37.8 Å². The van der Waals surface area contributed by atoms with Gasteiger partial charge in [-0.25, -0.2) is 12.8 Å². The first-order valence-corrected chi connectivity index (χ1v) is 11.1. The molecule has 5 nitrogen and oxygen atoms in total. The van der Waals surface area contributed by atoms with Crippen LogP contribution >= 0.6 is 0 Å². The zero-order chi connectivity index (χ0) is 20.9. The third-order valence-electron chi connectivity index (χ3n) is 5.00. The summed E-state index contributed by atoms with van der Waals surface area (Å²) in [7, 11) is -3.70. The van der Waals surface area contributed by atoms with E-state index in [9.17, 15) is 17.6 Å². The number of amides is 1. The molecule has 0 saturated heterocycles. The predicted molar refractivity (Wildman–Crippen MR) is 110 cm³/mol. The van der Waals surface area contributed by atoms with Crippen LogP contribution in [0.15, 0.2) is 71.1 Å². The van der Waals surface area contributed by atoms with E-state index in [0.29, 0.717) is 12.0 Å². The minimum atomic E-state index is -3.70. The summed E-state index contributed by atoms with van der Waals surface area (Å²) in [4.78, 5) is 12.5. The summed E-state index contributed by atoms with van der Waals surface area (Å²) in [6.07, 6.45) is 3.71. The second-order valence-electron chi connectivity index (χ2n) is 7.20. The Balaban J connectivity index is 1.54. The van der Waals surface area contributed by atoms with Crippen LogP contribution in [0.2, 0.25) is 0 Å². The molecule has 0 radical (unpaired) electrons. The number of sulfonamides is 1. The van der Waals surface area contributed by atoms with Gasteiger partial charge in [0, 0.05) is 24.7 Å². The standard InChI is InChI=1S/C22H25FN2O3S/c1-17(7-8-18-5-3-2-4-6-18)24-22(26)19-13-15-25(16-14-19)29(27,28)21-11-9-20(23)10-12-21/h2-6,9-13,17H,7-8,14-16H2,1H3,(H,24,26)/t17-/m1/s1. The molecule has 7 heteroatoms. The van der Waals surface area contributed by atoms with E-state index in [0.717, 1.165) is 25.0 Å². The summed E-state index contributed by atoms with van der Waals surface area (Å²) in [6, 6.07) is 14.9. The number of nitrogens with one attached hydrogen (secondary N) is 1. The average Bonchev–Trinajstić information content (AvgIpc) is 2.73. The smallest absolute Gasteiger partial charge is 0.247 e. The molecule has 1 N–H and O–H groups in total. The fraction of sp³-hybridized carbons (Fsp3) is 0.318. The molecule has 1 amide bonds. The van der Waals surface area contributed by atoms with Crippen molar-refractivity contribution in [3.05, 3.63) is 77.6 Å². The van der Waals surface area contributed by atoms with E-state index in [-0.39, 0.29) is 29.9 Å². The van der Waals surface area contributed by atoms with Crippen LogP contribution in [0, 0.1) is 5.82 Å². The van der Waals surface area contributed by atoms with Gasteiger partial charge in [-0.3, -0.25) is 4.79 Å². The van der Waals surface area contributed by atoms with Crippen molar-refractivity contribution in [3.8, 4) is 0 Å². The van der Waals surface area contributed by atoms with Gasteiger partial charge in [-0.05, 0) is 56.0 Å². The van der Waals surface area contributed by atoms with E-state index >= 15 is 0 Å². The summed E-state index contributed by atoms with van der Waals surface area (Å²) < 4.78 is 39.6. The lowest BCUT2D eigenvalue weighted by Gasteiger charge is -2.26. The van der Waals surface area contributed by atoms with E-state index in [1.807, 2.05) is 25.1 Å². The number of nitrogens with zero attached hydrogens (tertiary/aromatic N) is 1. The van der Waals surface area contributed by atoms with Gasteiger partial charge in [0.05, 0.1) is 4.90 Å². The lowest BCUT2D eigenvalue weighted by molar-refractivity contribution is -0.118. The molecule has 1 atom stereocenters. The number of aryl methyl sites for hydroxylation is 1. The lowest BCUT2D eigenvalue weighted by Crippen LogP contribution is -2.39. The number of benzene rings is 2. The van der Waals surface area contributed by atoms with Crippen LogP contribution < -0.4 is 5.32 Å². The lowest BCUT2D eigenvalue weighted by atomic mass is 10.0. The average molecular weight is 417 g/mol. The first-order chi connectivity index (χ1) is 13.9. The van der Waals surface area contributed by atoms with Gasteiger partial charge in [-0.2, -0.15) is 4.31 Å². The zero-order valence-electron chi connectivity index (χ0n) is 16.3. The fourth-order valence-corrected chi connectivity index (χ4v) is 4.63. The van der Waals surface area contributed by atoms with Gasteiger partial charge in [0.25, 0.3) is 0 Å². The largest absolute Gasteiger partial charge is 0.350 e. The van der Waals surface area contributed by atoms with Crippen molar-refractivity contribution < 1.29 is 17.6 Å². The molecule has 29 heavy (non-hydrogen) atoms. The number of carbonyl (C=O) groups is 1. The highest BCUT2D eigenvalue weighted by atomic mass is 32.2. The van der Waals surface area contributed by atoms with E-state index < -0.39 is 15.8 Å². The van der Waals surface area contributed by atoms with Crippen LogP contribution in [0.1, 0.15) is 25.3 Å². The van der Waals surface area contributed by atoms with E-state index in [1.54, 1.807) is 6.08 Å². The van der Waals surface area contributed by atoms with E-state index in [1.165, 1.54) is 22.0 Å². The molecule has 1 heterocycles. The van der Waals surface area contributed by atoms with Crippen LogP contribution in [0.3, 0.4) is 0 Å². The SMILES string of the molecule is C[C@H](CCc1ccccc1)NC(=O)C1=CCN(S(=O)(=O)c2ccc(F)cc2)CC1. The molecular weight excluding hydrogens is 391 g/mol. The van der Waals surface area contributed by atoms with Crippen molar-refractivity contribution in [2.24, 2.45) is 0 Å². The Morgan fingerprint density at radius 3 is 2.45 bits per heavy atom. The fourth-order valence-electron chi connectivity index (χ4n) is 3.25. The third kappa shape index (κ3) is 5.52. The quantitative estimate of drug-likeness (QED) is 0.753. The summed E-state index contributed by atoms with van der Waals surface area (Å²) in [5.41, 5.74) is 1.83. The molecule has 1 aliphatic heterocycles. The molecule has 0 aliphatic carbocycles. The van der Waals surface area contributed by atoms with Crippen molar-refractivity contribution in [1.82, 2.24) is 9.62 Å². The van der Waals surface area contributed by atoms with Gasteiger partial charge < -0.3 is 5.32 Å². The second kappa shape index (κ2) is 9.33. The summed E-state index contributed by atoms with van der Waals surface area (Å²) >= 11 is 0. The molecule has 0 spiro atoms. The topological polar surface area (TPSA) is 66.5 Å². The van der Waals surface area contributed by atoms with E-state index in [2.05, 4.69) is 17.4 Å². The van der Waals surface area contributed by atoms with Gasteiger partial charge in [-0.1, -0.05) is 36.4 Å². The number of hydrogen-bond donors (Lipinski definition) is 1. The third-order valence-corrected chi connectivity index (χ3v) is 6.88. The Morgan fingerprint density at radius 2 is 1.83 bits per heavy atom. The summed E-state index contributed by atoms with van der Waals surface area (Å²) in [5.74, 6) is -0.632. The zero-order valence-corrected chi connectivity index (χ0v) is 17.2. The van der Waals surface area contributed by atoms with Gasteiger partial charge in [0.1, 0.15) is 5.82 Å². The molecule has 0 saturated carbocycles. The Labute approximate surface area is 171 Å². The highest BCUT2D eigenvalue weighted by molar-refractivity contribution is 7.89. The van der Waals surface area contributed by atoms with Crippen LogP contribution in [-0.2, 0) is 21.2 Å². The van der Waals surface area contributed by atoms with Gasteiger partial charge >= 0.3 is 0 Å². The highest BCUT2D eigenvalue weighted by Crippen LogP contribution is 2.21. The van der Waals surface area contributed by atoms with E-state index in [4.69, 9.17) is 0 Å². The number of carbonyl (C=O) groups excluding carboxylic acids is 1. The maximum atomic E-state index is 13.1. The van der Waals surface area contributed by atoms with Gasteiger partial charge in [-0.15, -0.1) is 0 Å². The molecule has 0 fully saturated rings. The minimum absolute atomic E-state index is 0.0181. The predicted octanol–water partition coefficient (Wildman–Crippen LogP) is 3.28. The molecule has 1 aliphatic rings. The minimum Gasteiger partial charge on any atom is -0.350 e. The molecule has 3 rings (SSSR count). The Hall–Kier alpha value is -2.51. The molecule has 154 valence electrons. The van der Waals surface area contributed by atoms with Crippen molar-refractivity contribution in [1.29, 1.82) is 0 Å². The first-order valence-electron chi connectivity index (χ1n) is 9.66. The van der Waals surface area contributed by atoms with Crippen LogP contribution in [0.4, 0.5) is 4.39 Å². The molecule has 2 aromatic rings. The van der Waals surface area contributed by atoms with Crippen molar-refractivity contribution in [3.63, 3.8) is 0 Å². The van der Waals surface area contributed by atoms with Crippen LogP contribution in [0.25, 0.3) is 0 Å². The molecule has 0 aromatic heterocycles. The van der Waals surface area contributed by atoms with Crippen molar-refractivity contribution in [2.75, 3.05) is 13.1 Å². The summed E-state index contributed by atoms with van der Waals surface area (Å²) in [5, 5.41) is 2.99. The van der Waals surface area contributed by atoms with Crippen LogP contribution in [0.5, 0.6) is 0 Å². The monoisotopic (exact) mass is 416 g/mol. The Bertz CT molecular complexity index is 973. The number of hydrogen-bond acceptors (Lipinski definition) is 3. The normalized spacial score (nSPS) is 16.1. The number of halogens is 1. The Morgan fingerprint density at radius 1 is 1.14 bits per heavy atom. The molecule has 2 aromatic carbocycles.